The predicted octanol–water partition coefficient (Wildman–Crippen LogP) is 4.29. The topological polar surface area (TPSA) is 100 Å². The number of imidazole rings is 1. The molecule has 0 aliphatic heterocycles. The van der Waals surface area contributed by atoms with Gasteiger partial charge >= 0.3 is 130 Å². The molecule has 0 saturated carbocycles. The number of hydrogen-bond donors (Lipinski definition) is 0. The molecule has 1 aromatic carbocycles. The van der Waals surface area contributed by atoms with E-state index >= 15 is 0 Å². The van der Waals surface area contributed by atoms with E-state index in [2.05, 4.69) is 4.57 Å². The molecule has 0 aliphatic rings. The van der Waals surface area contributed by atoms with Crippen molar-refractivity contribution in [1.29, 1.82) is 0 Å². The van der Waals surface area contributed by atoms with E-state index in [0.717, 1.165) is 17.1 Å². The Labute approximate surface area is 197 Å². The van der Waals surface area contributed by atoms with Crippen LogP contribution in [0.2, 0.25) is 0 Å². The summed E-state index contributed by atoms with van der Waals surface area (Å²) in [6, 6.07) is 6.17. The van der Waals surface area contributed by atoms with Crippen molar-refractivity contribution in [2.75, 3.05) is 6.61 Å². The van der Waals surface area contributed by atoms with Gasteiger partial charge in [-0.1, -0.05) is 0 Å². The quantitative estimate of drug-likeness (QED) is 0.182. The van der Waals surface area contributed by atoms with Gasteiger partial charge in [-0.2, -0.15) is 26.3 Å². The van der Waals surface area contributed by atoms with Gasteiger partial charge in [0.15, 0.2) is 20.0 Å². The smallest absolute Gasteiger partial charge is 0.421 e. The Morgan fingerprint density at radius 2 is 1.47 bits per heavy atom. The molecule has 0 bridgehead atoms. The molecule has 1 aromatic heterocycles. The van der Waals surface area contributed by atoms with E-state index in [-0.39, 0.29) is 3.57 Å². The second-order valence-corrected chi connectivity index (χ2v) is 11.9. The summed E-state index contributed by atoms with van der Waals surface area (Å²) in [4.78, 5) is 0. The fraction of sp³-hybridized carbons (Fsp3) is 0.400. The van der Waals surface area contributed by atoms with Gasteiger partial charge in [0.05, 0.1) is 0 Å². The van der Waals surface area contributed by atoms with Gasteiger partial charge < -0.3 is 4.13 Å². The summed E-state index contributed by atoms with van der Waals surface area (Å²) in [5, 5.41) is 0. The van der Waals surface area contributed by atoms with Crippen LogP contribution in [0.3, 0.4) is 0 Å². The molecule has 8 nitrogen and oxygen atoms in total. The van der Waals surface area contributed by atoms with Gasteiger partial charge in [0.25, 0.3) is 0 Å². The SMILES string of the molecule is C[n+]1ccn(CCCOc2ccc(I(F)F)cc2)c1.O=S(=O)([N-]S(=O)(=O)C(F)(F)F)C(F)(F)F. The summed E-state index contributed by atoms with van der Waals surface area (Å²) in [7, 11) is -11.5. The zero-order chi connectivity index (χ0) is 26.4. The summed E-state index contributed by atoms with van der Waals surface area (Å²) in [6.07, 6.45) is 6.86. The molecule has 0 amide bonds. The molecule has 0 spiro atoms. The van der Waals surface area contributed by atoms with E-state index in [1.807, 2.05) is 30.3 Å². The molecule has 0 aliphatic carbocycles. The van der Waals surface area contributed by atoms with Crippen molar-refractivity contribution in [1.82, 2.24) is 4.57 Å². The van der Waals surface area contributed by atoms with Crippen LogP contribution in [0.15, 0.2) is 43.0 Å². The minimum absolute atomic E-state index is 0.177. The van der Waals surface area contributed by atoms with E-state index in [9.17, 15) is 48.9 Å². The Morgan fingerprint density at radius 3 is 1.85 bits per heavy atom. The summed E-state index contributed by atoms with van der Waals surface area (Å²) in [5.41, 5.74) is -12.4. The van der Waals surface area contributed by atoms with Gasteiger partial charge in [0.1, 0.15) is 0 Å². The molecule has 0 unspecified atom stereocenters. The van der Waals surface area contributed by atoms with Crippen molar-refractivity contribution in [3.8, 4) is 5.75 Å². The first-order chi connectivity index (χ1) is 15.4. The predicted molar refractivity (Wildman–Crippen MR) is 110 cm³/mol. The number of aryl methyl sites for hydroxylation is 2. The molecule has 2 aromatic rings. The fourth-order valence-electron chi connectivity index (χ4n) is 1.91. The second kappa shape index (κ2) is 11.8. The van der Waals surface area contributed by atoms with Crippen LogP contribution in [-0.4, -0.2) is 39.0 Å². The minimum atomic E-state index is -6.72. The molecule has 19 heteroatoms. The Morgan fingerprint density at radius 1 is 0.971 bits per heavy atom. The average Bonchev–Trinajstić information content (AvgIpc) is 3.09. The normalized spacial score (nSPS) is 13.1. The first kappa shape index (κ1) is 30.3. The number of rotatable bonds is 8. The Kier molecular flexibility index (Phi) is 10.5. The Balaban J connectivity index is 0.000000352. The molecule has 0 saturated heterocycles. The van der Waals surface area contributed by atoms with Crippen LogP contribution in [0.4, 0.5) is 32.1 Å². The monoisotopic (exact) mass is 661 g/mol. The van der Waals surface area contributed by atoms with Crippen molar-refractivity contribution < 1.29 is 58.2 Å². The number of ether oxygens (including phenoxy) is 1. The number of aromatic nitrogens is 2. The van der Waals surface area contributed by atoms with Crippen molar-refractivity contribution in [3.05, 3.63) is 50.7 Å². The van der Waals surface area contributed by atoms with Gasteiger partial charge in [0, 0.05) is 0 Å². The van der Waals surface area contributed by atoms with Gasteiger partial charge in [-0.05, 0) is 0 Å². The molecule has 34 heavy (non-hydrogen) atoms. The number of nitrogens with zero attached hydrogens (tertiary/aromatic N) is 3. The van der Waals surface area contributed by atoms with E-state index in [1.54, 1.807) is 12.1 Å². The maximum Gasteiger partial charge on any atom is 0.480 e. The van der Waals surface area contributed by atoms with Crippen LogP contribution in [0, 0.1) is 3.57 Å². The number of alkyl halides is 6. The second-order valence-electron chi connectivity index (χ2n) is 6.09. The van der Waals surface area contributed by atoms with Crippen LogP contribution in [-0.2, 0) is 33.6 Å². The Hall–Kier alpha value is -1.74. The molecule has 0 radical (unpaired) electrons. The van der Waals surface area contributed by atoms with Crippen molar-refractivity contribution in [3.63, 3.8) is 0 Å². The largest absolute Gasteiger partial charge is 0.480 e. The number of hydrogen-bond acceptors (Lipinski definition) is 5. The summed E-state index contributed by atoms with van der Waals surface area (Å²) in [5.74, 6) is 0.652. The first-order valence-corrected chi connectivity index (χ1v) is 14.1. The molecule has 2 rings (SSSR count). The third kappa shape index (κ3) is 9.49. The molecule has 0 fully saturated rings. The van der Waals surface area contributed by atoms with Crippen molar-refractivity contribution >= 4 is 41.0 Å². The van der Waals surface area contributed by atoms with Crippen molar-refractivity contribution in [2.45, 2.75) is 24.0 Å². The van der Waals surface area contributed by atoms with Crippen molar-refractivity contribution in [2.24, 2.45) is 7.05 Å². The molecule has 0 N–H and O–H groups in total. The zero-order valence-electron chi connectivity index (χ0n) is 16.8. The maximum atomic E-state index is 12.5. The third-order valence-corrected chi connectivity index (χ3v) is 7.81. The first-order valence-electron chi connectivity index (χ1n) is 8.49. The molecular weight excluding hydrogens is 645 g/mol. The van der Waals surface area contributed by atoms with Crippen LogP contribution in [0.1, 0.15) is 6.42 Å². The van der Waals surface area contributed by atoms with E-state index < -0.39 is 52.0 Å². The molecular formula is C15H16F8IN3O5S2. The summed E-state index contributed by atoms with van der Waals surface area (Å²) < 4.78 is 144. The van der Waals surface area contributed by atoms with E-state index in [4.69, 9.17) is 4.74 Å². The number of benzene rings is 1. The summed E-state index contributed by atoms with van der Waals surface area (Å²) >= 11 is -3.84. The van der Waals surface area contributed by atoms with Crippen LogP contribution in [0.5, 0.6) is 5.75 Å². The maximum absolute atomic E-state index is 12.5. The fourth-order valence-corrected chi connectivity index (χ4v) is 4.52. The number of halogens is 9. The van der Waals surface area contributed by atoms with Gasteiger partial charge in [0.2, 0.25) is 0 Å². The minimum Gasteiger partial charge on any atom is -0.421 e. The van der Waals surface area contributed by atoms with Crippen LogP contribution < -0.4 is 9.30 Å². The van der Waals surface area contributed by atoms with Gasteiger partial charge in [-0.3, -0.25) is 0 Å². The molecule has 196 valence electrons. The van der Waals surface area contributed by atoms with Gasteiger partial charge in [-0.15, -0.1) is 0 Å². The number of sulfonamides is 2. The van der Waals surface area contributed by atoms with E-state index in [0.29, 0.717) is 12.4 Å². The Bertz CT molecular complexity index is 1090. The van der Waals surface area contributed by atoms with Crippen LogP contribution >= 0.6 is 21.0 Å². The summed E-state index contributed by atoms with van der Waals surface area (Å²) in [6.45, 7) is 1.46. The third-order valence-electron chi connectivity index (χ3n) is 3.41. The van der Waals surface area contributed by atoms with E-state index in [1.165, 1.54) is 12.1 Å². The standard InChI is InChI=1S/C13H16F2IN2O.C2F6NO4S2/c1-17-8-9-18(11-17)7-2-10-19-13-5-3-12(4-6-13)16(14)15;3-1(4,5)14(10,11)9-15(12,13)2(6,7)8/h3-6,8-9,11H,2,7,10H2,1H3;/q+1;-1. The molecule has 0 atom stereocenters. The van der Waals surface area contributed by atoms with Gasteiger partial charge in [-0.25, -0.2) is 16.8 Å². The average molecular weight is 661 g/mol. The molecule has 1 heterocycles. The van der Waals surface area contributed by atoms with Crippen LogP contribution in [0.25, 0.3) is 4.13 Å². The zero-order valence-corrected chi connectivity index (χ0v) is 20.6.